The predicted molar refractivity (Wildman–Crippen MR) is 43.1 cm³/mol. The Morgan fingerprint density at radius 2 is 2.18 bits per heavy atom. The minimum atomic E-state index is 0.401. The second kappa shape index (κ2) is 3.95. The zero-order valence-electron chi connectivity index (χ0n) is 5.92. The minimum absolute atomic E-state index is 0.401. The summed E-state index contributed by atoms with van der Waals surface area (Å²) in [6, 6.07) is 3.94. The number of hydrogen-bond donors (Lipinski definition) is 0. The van der Waals surface area contributed by atoms with Crippen LogP contribution in [-0.4, -0.2) is 4.98 Å². The maximum Gasteiger partial charge on any atom is 0.0670 e. The van der Waals surface area contributed by atoms with Gasteiger partial charge in [0, 0.05) is 18.3 Å². The highest BCUT2D eigenvalue weighted by molar-refractivity contribution is 6.17. The van der Waals surface area contributed by atoms with E-state index in [0.717, 1.165) is 11.1 Å². The molecule has 0 saturated carbocycles. The molecule has 0 aliphatic heterocycles. The molecule has 3 heteroatoms. The fourth-order valence-electron chi connectivity index (χ4n) is 0.802. The lowest BCUT2D eigenvalue weighted by molar-refractivity contribution is 1.15. The molecule has 1 aromatic heterocycles. The summed E-state index contributed by atoms with van der Waals surface area (Å²) in [5, 5.41) is 8.37. The van der Waals surface area contributed by atoms with E-state index in [4.69, 9.17) is 16.9 Å². The third kappa shape index (κ3) is 2.21. The van der Waals surface area contributed by atoms with Crippen LogP contribution in [0.15, 0.2) is 18.5 Å². The van der Waals surface area contributed by atoms with Crippen molar-refractivity contribution < 1.29 is 0 Å². The highest BCUT2D eigenvalue weighted by Gasteiger charge is 1.93. The second-order valence-corrected chi connectivity index (χ2v) is 2.44. The Bertz CT molecular complexity index is 278. The number of hydrogen-bond acceptors (Lipinski definition) is 2. The van der Waals surface area contributed by atoms with E-state index < -0.39 is 0 Å². The summed E-state index contributed by atoms with van der Waals surface area (Å²) in [6.07, 6.45) is 3.78. The van der Waals surface area contributed by atoms with Crippen LogP contribution in [0, 0.1) is 11.3 Å². The first-order valence-electron chi connectivity index (χ1n) is 3.22. The molecule has 0 unspecified atom stereocenters. The van der Waals surface area contributed by atoms with Gasteiger partial charge in [0.1, 0.15) is 0 Å². The van der Waals surface area contributed by atoms with Gasteiger partial charge in [-0.1, -0.05) is 6.07 Å². The van der Waals surface area contributed by atoms with E-state index in [1.165, 1.54) is 0 Å². The van der Waals surface area contributed by atoms with Crippen molar-refractivity contribution in [1.29, 1.82) is 5.26 Å². The van der Waals surface area contributed by atoms with Crippen molar-refractivity contribution in [3.63, 3.8) is 0 Å². The SMILES string of the molecule is N#CCc1cncc(CCl)c1. The molecule has 0 N–H and O–H groups in total. The summed E-state index contributed by atoms with van der Waals surface area (Å²) < 4.78 is 0. The Hall–Kier alpha value is -1.07. The molecule has 0 aromatic carbocycles. The van der Waals surface area contributed by atoms with Crippen molar-refractivity contribution in [2.24, 2.45) is 0 Å². The molecule has 56 valence electrons. The molecule has 0 amide bonds. The van der Waals surface area contributed by atoms with Crippen LogP contribution in [0.1, 0.15) is 11.1 Å². The highest BCUT2D eigenvalue weighted by Crippen LogP contribution is 2.05. The number of nitriles is 1. The molecule has 0 bridgehead atoms. The van der Waals surface area contributed by atoms with Gasteiger partial charge in [-0.2, -0.15) is 5.26 Å². The van der Waals surface area contributed by atoms with Crippen LogP contribution in [0.2, 0.25) is 0 Å². The summed E-state index contributed by atoms with van der Waals surface area (Å²) in [5.41, 5.74) is 1.88. The van der Waals surface area contributed by atoms with Gasteiger partial charge in [0.2, 0.25) is 0 Å². The van der Waals surface area contributed by atoms with E-state index in [-0.39, 0.29) is 0 Å². The smallest absolute Gasteiger partial charge is 0.0670 e. The number of rotatable bonds is 2. The first-order valence-corrected chi connectivity index (χ1v) is 3.76. The molecule has 1 aromatic rings. The third-order valence-corrected chi connectivity index (χ3v) is 1.60. The normalized spacial score (nSPS) is 9.09. The number of nitrogens with zero attached hydrogens (tertiary/aromatic N) is 2. The van der Waals surface area contributed by atoms with Crippen molar-refractivity contribution in [2.75, 3.05) is 0 Å². The molecular weight excluding hydrogens is 160 g/mol. The number of pyridine rings is 1. The largest absolute Gasteiger partial charge is 0.264 e. The van der Waals surface area contributed by atoms with Crippen LogP contribution in [-0.2, 0) is 12.3 Å². The van der Waals surface area contributed by atoms with Crippen LogP contribution >= 0.6 is 11.6 Å². The Labute approximate surface area is 70.4 Å². The van der Waals surface area contributed by atoms with Crippen LogP contribution in [0.25, 0.3) is 0 Å². The van der Waals surface area contributed by atoms with E-state index in [2.05, 4.69) is 11.1 Å². The molecule has 0 radical (unpaired) electrons. The van der Waals surface area contributed by atoms with Gasteiger partial charge in [0.05, 0.1) is 12.5 Å². The Balaban J connectivity index is 2.84. The van der Waals surface area contributed by atoms with E-state index in [1.807, 2.05) is 6.07 Å². The molecule has 1 rings (SSSR count). The fraction of sp³-hybridized carbons (Fsp3) is 0.250. The van der Waals surface area contributed by atoms with Gasteiger partial charge in [0.15, 0.2) is 0 Å². The van der Waals surface area contributed by atoms with E-state index in [1.54, 1.807) is 12.4 Å². The number of alkyl halides is 1. The molecule has 11 heavy (non-hydrogen) atoms. The van der Waals surface area contributed by atoms with Crippen LogP contribution < -0.4 is 0 Å². The molecule has 2 nitrogen and oxygen atoms in total. The molecule has 0 spiro atoms. The Kier molecular flexibility index (Phi) is 2.88. The quantitative estimate of drug-likeness (QED) is 0.630. The van der Waals surface area contributed by atoms with E-state index >= 15 is 0 Å². The minimum Gasteiger partial charge on any atom is -0.264 e. The van der Waals surface area contributed by atoms with Crippen molar-refractivity contribution in [2.45, 2.75) is 12.3 Å². The Morgan fingerprint density at radius 1 is 1.45 bits per heavy atom. The fourth-order valence-corrected chi connectivity index (χ4v) is 0.949. The zero-order chi connectivity index (χ0) is 8.10. The second-order valence-electron chi connectivity index (χ2n) is 2.17. The topological polar surface area (TPSA) is 36.7 Å². The van der Waals surface area contributed by atoms with Crippen LogP contribution in [0.5, 0.6) is 0 Å². The third-order valence-electron chi connectivity index (χ3n) is 1.29. The Morgan fingerprint density at radius 3 is 2.82 bits per heavy atom. The predicted octanol–water partition coefficient (Wildman–Crippen LogP) is 1.89. The summed E-state index contributed by atoms with van der Waals surface area (Å²) >= 11 is 5.58. The standard InChI is InChI=1S/C8H7ClN2/c9-4-8-3-7(1-2-10)5-11-6-8/h3,5-6H,1,4H2. The van der Waals surface area contributed by atoms with E-state index in [9.17, 15) is 0 Å². The summed E-state index contributed by atoms with van der Waals surface area (Å²) in [5.74, 6) is 0.451. The lowest BCUT2D eigenvalue weighted by atomic mass is 10.2. The maximum atomic E-state index is 8.37. The molecule has 0 fully saturated rings. The van der Waals surface area contributed by atoms with Crippen molar-refractivity contribution in [1.82, 2.24) is 4.98 Å². The van der Waals surface area contributed by atoms with Gasteiger partial charge in [-0.05, 0) is 11.1 Å². The van der Waals surface area contributed by atoms with Gasteiger partial charge in [-0.25, -0.2) is 0 Å². The summed E-state index contributed by atoms with van der Waals surface area (Å²) in [7, 11) is 0. The first kappa shape index (κ1) is 8.03. The molecular formula is C8H7ClN2. The average Bonchev–Trinajstić information content (AvgIpc) is 2.06. The molecule has 1 heterocycles. The van der Waals surface area contributed by atoms with Gasteiger partial charge in [-0.3, -0.25) is 4.98 Å². The summed E-state index contributed by atoms with van der Waals surface area (Å²) in [6.45, 7) is 0. The highest BCUT2D eigenvalue weighted by atomic mass is 35.5. The number of aromatic nitrogens is 1. The van der Waals surface area contributed by atoms with E-state index in [0.29, 0.717) is 12.3 Å². The molecule has 0 aliphatic carbocycles. The molecule has 0 atom stereocenters. The van der Waals surface area contributed by atoms with Crippen LogP contribution in [0.3, 0.4) is 0 Å². The lowest BCUT2D eigenvalue weighted by Crippen LogP contribution is -1.86. The van der Waals surface area contributed by atoms with Gasteiger partial charge < -0.3 is 0 Å². The van der Waals surface area contributed by atoms with Crippen molar-refractivity contribution in [3.05, 3.63) is 29.6 Å². The van der Waals surface area contributed by atoms with Crippen molar-refractivity contribution in [3.8, 4) is 6.07 Å². The number of halogens is 1. The average molecular weight is 167 g/mol. The summed E-state index contributed by atoms with van der Waals surface area (Å²) in [4.78, 5) is 3.94. The van der Waals surface area contributed by atoms with Crippen molar-refractivity contribution >= 4 is 11.6 Å². The van der Waals surface area contributed by atoms with Crippen LogP contribution in [0.4, 0.5) is 0 Å². The van der Waals surface area contributed by atoms with Gasteiger partial charge in [0.25, 0.3) is 0 Å². The lowest BCUT2D eigenvalue weighted by Gasteiger charge is -1.95. The van der Waals surface area contributed by atoms with Gasteiger partial charge >= 0.3 is 0 Å². The van der Waals surface area contributed by atoms with Gasteiger partial charge in [-0.15, -0.1) is 11.6 Å². The first-order chi connectivity index (χ1) is 5.36. The molecule has 0 saturated heterocycles. The monoisotopic (exact) mass is 166 g/mol. The molecule has 0 aliphatic rings. The zero-order valence-corrected chi connectivity index (χ0v) is 6.67. The maximum absolute atomic E-state index is 8.37.